The van der Waals surface area contributed by atoms with Gasteiger partial charge in [-0.05, 0) is 55.3 Å². The van der Waals surface area contributed by atoms with Gasteiger partial charge in [-0.3, -0.25) is 0 Å². The Morgan fingerprint density at radius 2 is 1.90 bits per heavy atom. The van der Waals surface area contributed by atoms with Gasteiger partial charge in [-0.1, -0.05) is 18.2 Å². The van der Waals surface area contributed by atoms with E-state index in [0.29, 0.717) is 25.1 Å². The second-order valence-corrected chi connectivity index (χ2v) is 4.89. The molecule has 0 aliphatic carbocycles. The average molecular weight is 291 g/mol. The molecule has 0 aliphatic heterocycles. The molecule has 1 atom stereocenters. The molecule has 2 N–H and O–H groups in total. The SMILES string of the molecule is CCOc1cccc(CC(CN)c2ccc(F)c(F)c2)c1. The molecule has 112 valence electrons. The number of hydrogen-bond acceptors (Lipinski definition) is 2. The maximum Gasteiger partial charge on any atom is 0.159 e. The lowest BCUT2D eigenvalue weighted by Crippen LogP contribution is -2.15. The van der Waals surface area contributed by atoms with Crippen LogP contribution in [0.5, 0.6) is 5.75 Å². The highest BCUT2D eigenvalue weighted by molar-refractivity contribution is 5.31. The van der Waals surface area contributed by atoms with Crippen molar-refractivity contribution in [1.82, 2.24) is 0 Å². The third-order valence-corrected chi connectivity index (χ3v) is 3.39. The van der Waals surface area contributed by atoms with E-state index in [-0.39, 0.29) is 5.92 Å². The van der Waals surface area contributed by atoms with Crippen molar-refractivity contribution in [3.8, 4) is 5.75 Å². The summed E-state index contributed by atoms with van der Waals surface area (Å²) in [5, 5.41) is 0. The standard InChI is InChI=1S/C17H19F2NO/c1-2-21-15-5-3-4-12(9-15)8-14(11-20)13-6-7-16(18)17(19)10-13/h3-7,9-10,14H,2,8,11,20H2,1H3. The summed E-state index contributed by atoms with van der Waals surface area (Å²) in [6, 6.07) is 11.7. The molecular formula is C17H19F2NO. The summed E-state index contributed by atoms with van der Waals surface area (Å²) in [5.41, 5.74) is 7.55. The van der Waals surface area contributed by atoms with Gasteiger partial charge < -0.3 is 10.5 Å². The lowest BCUT2D eigenvalue weighted by molar-refractivity contribution is 0.340. The van der Waals surface area contributed by atoms with Gasteiger partial charge in [-0.15, -0.1) is 0 Å². The Labute approximate surface area is 123 Å². The minimum Gasteiger partial charge on any atom is -0.494 e. The fourth-order valence-corrected chi connectivity index (χ4v) is 2.32. The summed E-state index contributed by atoms with van der Waals surface area (Å²) in [5.74, 6) is -0.935. The molecule has 2 nitrogen and oxygen atoms in total. The third-order valence-electron chi connectivity index (χ3n) is 3.39. The Morgan fingerprint density at radius 1 is 1.10 bits per heavy atom. The van der Waals surface area contributed by atoms with E-state index in [2.05, 4.69) is 0 Å². The van der Waals surface area contributed by atoms with E-state index in [4.69, 9.17) is 10.5 Å². The highest BCUT2D eigenvalue weighted by Gasteiger charge is 2.13. The first-order valence-electron chi connectivity index (χ1n) is 7.00. The summed E-state index contributed by atoms with van der Waals surface area (Å²) in [7, 11) is 0. The molecule has 0 aliphatic rings. The van der Waals surface area contributed by atoms with Crippen molar-refractivity contribution >= 4 is 0 Å². The molecule has 0 fully saturated rings. The zero-order chi connectivity index (χ0) is 15.2. The lowest BCUT2D eigenvalue weighted by Gasteiger charge is -2.16. The van der Waals surface area contributed by atoms with Crippen molar-refractivity contribution in [2.45, 2.75) is 19.3 Å². The summed E-state index contributed by atoms with van der Waals surface area (Å²) in [6.45, 7) is 2.90. The third kappa shape index (κ3) is 4.02. The van der Waals surface area contributed by atoms with E-state index in [0.717, 1.165) is 17.4 Å². The van der Waals surface area contributed by atoms with Crippen LogP contribution in [0.4, 0.5) is 8.78 Å². The van der Waals surface area contributed by atoms with Gasteiger partial charge in [0.05, 0.1) is 6.61 Å². The van der Waals surface area contributed by atoms with Gasteiger partial charge in [0, 0.05) is 5.92 Å². The van der Waals surface area contributed by atoms with Gasteiger partial charge >= 0.3 is 0 Å². The van der Waals surface area contributed by atoms with Crippen molar-refractivity contribution < 1.29 is 13.5 Å². The van der Waals surface area contributed by atoms with E-state index in [1.165, 1.54) is 6.07 Å². The van der Waals surface area contributed by atoms with Crippen molar-refractivity contribution in [2.24, 2.45) is 5.73 Å². The van der Waals surface area contributed by atoms with Crippen molar-refractivity contribution in [3.63, 3.8) is 0 Å². The van der Waals surface area contributed by atoms with Crippen LogP contribution in [0, 0.1) is 11.6 Å². The van der Waals surface area contributed by atoms with Gasteiger partial charge in [0.1, 0.15) is 5.75 Å². The highest BCUT2D eigenvalue weighted by Crippen LogP contribution is 2.24. The fraction of sp³-hybridized carbons (Fsp3) is 0.294. The molecule has 0 spiro atoms. The summed E-state index contributed by atoms with van der Waals surface area (Å²) in [6.07, 6.45) is 0.655. The summed E-state index contributed by atoms with van der Waals surface area (Å²) < 4.78 is 31.8. The molecule has 2 aromatic rings. The second kappa shape index (κ2) is 7.18. The van der Waals surface area contributed by atoms with Crippen LogP contribution in [0.2, 0.25) is 0 Å². The quantitative estimate of drug-likeness (QED) is 0.881. The molecule has 21 heavy (non-hydrogen) atoms. The molecule has 0 saturated heterocycles. The van der Waals surface area contributed by atoms with Crippen LogP contribution in [0.1, 0.15) is 24.0 Å². The second-order valence-electron chi connectivity index (χ2n) is 4.89. The van der Waals surface area contributed by atoms with E-state index in [1.807, 2.05) is 31.2 Å². The molecule has 0 heterocycles. The van der Waals surface area contributed by atoms with Crippen LogP contribution >= 0.6 is 0 Å². The van der Waals surface area contributed by atoms with E-state index in [9.17, 15) is 8.78 Å². The minimum atomic E-state index is -0.840. The van der Waals surface area contributed by atoms with Gasteiger partial charge in [0.25, 0.3) is 0 Å². The van der Waals surface area contributed by atoms with Crippen LogP contribution in [0.3, 0.4) is 0 Å². The number of ether oxygens (including phenoxy) is 1. The Bertz CT molecular complexity index is 601. The Morgan fingerprint density at radius 3 is 2.57 bits per heavy atom. The topological polar surface area (TPSA) is 35.2 Å². The van der Waals surface area contributed by atoms with Crippen molar-refractivity contribution in [1.29, 1.82) is 0 Å². The zero-order valence-electron chi connectivity index (χ0n) is 12.0. The van der Waals surface area contributed by atoms with Crippen molar-refractivity contribution in [2.75, 3.05) is 13.2 Å². The predicted molar refractivity (Wildman–Crippen MR) is 79.5 cm³/mol. The first kappa shape index (κ1) is 15.4. The normalized spacial score (nSPS) is 12.2. The van der Waals surface area contributed by atoms with Crippen LogP contribution < -0.4 is 10.5 Å². The van der Waals surface area contributed by atoms with Crippen LogP contribution in [0.15, 0.2) is 42.5 Å². The fourth-order valence-electron chi connectivity index (χ4n) is 2.32. The molecule has 0 radical (unpaired) electrons. The Hall–Kier alpha value is -1.94. The van der Waals surface area contributed by atoms with Gasteiger partial charge in [0.15, 0.2) is 11.6 Å². The van der Waals surface area contributed by atoms with Crippen molar-refractivity contribution in [3.05, 3.63) is 65.2 Å². The first-order valence-corrected chi connectivity index (χ1v) is 7.00. The molecule has 0 bridgehead atoms. The largest absolute Gasteiger partial charge is 0.494 e. The highest BCUT2D eigenvalue weighted by atomic mass is 19.2. The average Bonchev–Trinajstić information content (AvgIpc) is 2.48. The number of rotatable bonds is 6. The van der Waals surface area contributed by atoms with Gasteiger partial charge in [-0.2, -0.15) is 0 Å². The number of nitrogens with two attached hydrogens (primary N) is 1. The maximum absolute atomic E-state index is 13.3. The van der Waals surface area contributed by atoms with Gasteiger partial charge in [-0.25, -0.2) is 8.78 Å². The maximum atomic E-state index is 13.3. The van der Waals surface area contributed by atoms with Crippen LogP contribution in [0.25, 0.3) is 0 Å². The summed E-state index contributed by atoms with van der Waals surface area (Å²) in [4.78, 5) is 0. The molecule has 0 aromatic heterocycles. The summed E-state index contributed by atoms with van der Waals surface area (Å²) >= 11 is 0. The molecule has 4 heteroatoms. The number of halogens is 2. The van der Waals surface area contributed by atoms with E-state index in [1.54, 1.807) is 6.07 Å². The molecule has 1 unspecified atom stereocenters. The monoisotopic (exact) mass is 291 g/mol. The molecule has 0 amide bonds. The smallest absolute Gasteiger partial charge is 0.159 e. The van der Waals surface area contributed by atoms with E-state index < -0.39 is 11.6 Å². The molecule has 0 saturated carbocycles. The van der Waals surface area contributed by atoms with Gasteiger partial charge in [0.2, 0.25) is 0 Å². The predicted octanol–water partition coefficient (Wildman–Crippen LogP) is 3.65. The van der Waals surface area contributed by atoms with E-state index >= 15 is 0 Å². The number of hydrogen-bond donors (Lipinski definition) is 1. The minimum absolute atomic E-state index is 0.0584. The first-order chi connectivity index (χ1) is 10.1. The molecule has 2 rings (SSSR count). The molecular weight excluding hydrogens is 272 g/mol. The van der Waals surface area contributed by atoms with Crippen LogP contribution in [-0.4, -0.2) is 13.2 Å². The Kier molecular flexibility index (Phi) is 5.28. The zero-order valence-corrected chi connectivity index (χ0v) is 12.0. The molecule has 2 aromatic carbocycles. The van der Waals surface area contributed by atoms with Crippen LogP contribution in [-0.2, 0) is 6.42 Å². The Balaban J connectivity index is 2.18. The lowest BCUT2D eigenvalue weighted by atomic mass is 9.92. The number of benzene rings is 2.